The van der Waals surface area contributed by atoms with E-state index in [1.165, 1.54) is 4.88 Å². The zero-order chi connectivity index (χ0) is 13.7. The van der Waals surface area contributed by atoms with Crippen molar-refractivity contribution >= 4 is 40.6 Å². The second-order valence-electron chi connectivity index (χ2n) is 4.62. The Balaban J connectivity index is 1.77. The van der Waals surface area contributed by atoms with Crippen LogP contribution in [0.5, 0.6) is 0 Å². The molecule has 1 saturated heterocycles. The molecule has 2 rings (SSSR count). The van der Waals surface area contributed by atoms with Gasteiger partial charge in [-0.1, -0.05) is 11.6 Å². The molecule has 0 aliphatic carbocycles. The van der Waals surface area contributed by atoms with Gasteiger partial charge in [-0.3, -0.25) is 4.79 Å². The Morgan fingerprint density at radius 1 is 1.53 bits per heavy atom. The Kier molecular flexibility index (Phi) is 6.01. The lowest BCUT2D eigenvalue weighted by Gasteiger charge is -2.34. The van der Waals surface area contributed by atoms with Crippen molar-refractivity contribution in [3.63, 3.8) is 0 Å². The van der Waals surface area contributed by atoms with Gasteiger partial charge in [0.2, 0.25) is 5.91 Å². The van der Waals surface area contributed by atoms with Crippen molar-refractivity contribution in [2.75, 3.05) is 18.9 Å². The predicted molar refractivity (Wildman–Crippen MR) is 81.9 cm³/mol. The molecule has 1 amide bonds. The quantitative estimate of drug-likeness (QED) is 0.907. The van der Waals surface area contributed by atoms with E-state index in [-0.39, 0.29) is 18.6 Å². The van der Waals surface area contributed by atoms with Crippen LogP contribution in [0.2, 0.25) is 4.34 Å². The molecule has 1 fully saturated rings. The number of hydrogen-bond acceptors (Lipinski definition) is 4. The second kappa shape index (κ2) is 7.53. The van der Waals surface area contributed by atoms with Crippen LogP contribution in [0.15, 0.2) is 12.1 Å². The van der Waals surface area contributed by atoms with Crippen LogP contribution in [0, 0.1) is 0 Å². The molecule has 1 aliphatic heterocycles. The lowest BCUT2D eigenvalue weighted by molar-refractivity contribution is -0.132. The van der Waals surface area contributed by atoms with Crippen LogP contribution in [0.3, 0.4) is 0 Å². The molecule has 0 spiro atoms. The minimum absolute atomic E-state index is 0.0260. The SMILES string of the molecule is O=C(CSCc1ccc(Cl)s1)N1CCCCC1CO. The van der Waals surface area contributed by atoms with Crippen molar-refractivity contribution in [3.05, 3.63) is 21.3 Å². The van der Waals surface area contributed by atoms with Gasteiger partial charge in [-0.2, -0.15) is 0 Å². The Morgan fingerprint density at radius 3 is 3.05 bits per heavy atom. The lowest BCUT2D eigenvalue weighted by Crippen LogP contribution is -2.46. The van der Waals surface area contributed by atoms with Crippen molar-refractivity contribution in [1.82, 2.24) is 4.90 Å². The maximum absolute atomic E-state index is 12.1. The van der Waals surface area contributed by atoms with Crippen LogP contribution in [0.4, 0.5) is 0 Å². The van der Waals surface area contributed by atoms with E-state index in [0.717, 1.165) is 35.9 Å². The summed E-state index contributed by atoms with van der Waals surface area (Å²) < 4.78 is 0.790. The highest BCUT2D eigenvalue weighted by Gasteiger charge is 2.25. The summed E-state index contributed by atoms with van der Waals surface area (Å²) in [5, 5.41) is 9.30. The highest BCUT2D eigenvalue weighted by atomic mass is 35.5. The molecule has 1 unspecified atom stereocenters. The second-order valence-corrected chi connectivity index (χ2v) is 7.40. The Morgan fingerprint density at radius 2 is 2.37 bits per heavy atom. The average molecular weight is 320 g/mol. The molecule has 1 atom stereocenters. The summed E-state index contributed by atoms with van der Waals surface area (Å²) in [4.78, 5) is 15.2. The summed E-state index contributed by atoms with van der Waals surface area (Å²) in [6.07, 6.45) is 3.08. The molecule has 1 N–H and O–H groups in total. The zero-order valence-corrected chi connectivity index (χ0v) is 13.1. The topological polar surface area (TPSA) is 40.5 Å². The number of thioether (sulfide) groups is 1. The number of aliphatic hydroxyl groups excluding tert-OH is 1. The molecule has 1 aromatic rings. The first-order valence-corrected chi connectivity index (χ1v) is 8.78. The van der Waals surface area contributed by atoms with Gasteiger partial charge in [0.15, 0.2) is 0 Å². The standard InChI is InChI=1S/C13H18ClNO2S2/c14-12-5-4-11(19-12)8-18-9-13(17)15-6-2-1-3-10(15)7-16/h4-5,10,16H,1-3,6-9H2. The molecule has 6 heteroatoms. The Hall–Kier alpha value is -0.230. The Bertz CT molecular complexity index is 425. The van der Waals surface area contributed by atoms with E-state index in [2.05, 4.69) is 0 Å². The molecule has 19 heavy (non-hydrogen) atoms. The molecule has 2 heterocycles. The number of thiophene rings is 1. The number of halogens is 1. The summed E-state index contributed by atoms with van der Waals surface area (Å²) in [6, 6.07) is 3.91. The third kappa shape index (κ3) is 4.38. The van der Waals surface area contributed by atoms with Crippen molar-refractivity contribution in [2.45, 2.75) is 31.1 Å². The van der Waals surface area contributed by atoms with Crippen molar-refractivity contribution in [3.8, 4) is 0 Å². The minimum atomic E-state index is 0.0260. The molecule has 106 valence electrons. The van der Waals surface area contributed by atoms with Gasteiger partial charge < -0.3 is 10.0 Å². The van der Waals surface area contributed by atoms with E-state index < -0.39 is 0 Å². The summed E-state index contributed by atoms with van der Waals surface area (Å²) >= 11 is 9.04. The number of aliphatic hydroxyl groups is 1. The van der Waals surface area contributed by atoms with Gasteiger partial charge in [-0.05, 0) is 31.4 Å². The molecule has 3 nitrogen and oxygen atoms in total. The molecular weight excluding hydrogens is 302 g/mol. The third-order valence-corrected chi connectivity index (χ3v) is 5.64. The smallest absolute Gasteiger partial charge is 0.232 e. The van der Waals surface area contributed by atoms with Crippen molar-refractivity contribution in [2.24, 2.45) is 0 Å². The van der Waals surface area contributed by atoms with Crippen LogP contribution < -0.4 is 0 Å². The van der Waals surface area contributed by atoms with Crippen LogP contribution in [-0.4, -0.2) is 40.9 Å². The fourth-order valence-electron chi connectivity index (χ4n) is 2.27. The average Bonchev–Trinajstić information content (AvgIpc) is 2.84. The molecule has 0 bridgehead atoms. The molecular formula is C13H18ClNO2S2. The van der Waals surface area contributed by atoms with Crippen LogP contribution in [-0.2, 0) is 10.5 Å². The van der Waals surface area contributed by atoms with Crippen molar-refractivity contribution in [1.29, 1.82) is 0 Å². The van der Waals surface area contributed by atoms with E-state index in [1.807, 2.05) is 17.0 Å². The number of likely N-dealkylation sites (tertiary alicyclic amines) is 1. The van der Waals surface area contributed by atoms with E-state index in [0.29, 0.717) is 5.75 Å². The molecule has 0 aromatic carbocycles. The normalized spacial score (nSPS) is 19.7. The highest BCUT2D eigenvalue weighted by Crippen LogP contribution is 2.25. The first-order valence-electron chi connectivity index (χ1n) is 6.43. The van der Waals surface area contributed by atoms with Gasteiger partial charge >= 0.3 is 0 Å². The number of carbonyl (C=O) groups excluding carboxylic acids is 1. The van der Waals surface area contributed by atoms with Crippen LogP contribution in [0.25, 0.3) is 0 Å². The Labute approximate surface area is 126 Å². The molecule has 1 aliphatic rings. The largest absolute Gasteiger partial charge is 0.394 e. The maximum Gasteiger partial charge on any atom is 0.232 e. The van der Waals surface area contributed by atoms with Gasteiger partial charge in [0, 0.05) is 17.2 Å². The number of nitrogens with zero attached hydrogens (tertiary/aromatic N) is 1. The van der Waals surface area contributed by atoms with Gasteiger partial charge in [0.05, 0.1) is 22.7 Å². The molecule has 0 saturated carbocycles. The summed E-state index contributed by atoms with van der Waals surface area (Å²) in [5.41, 5.74) is 0. The first kappa shape index (κ1) is 15.2. The van der Waals surface area contributed by atoms with Crippen LogP contribution in [0.1, 0.15) is 24.1 Å². The zero-order valence-electron chi connectivity index (χ0n) is 10.7. The molecule has 0 radical (unpaired) electrons. The monoisotopic (exact) mass is 319 g/mol. The number of piperidine rings is 1. The van der Waals surface area contributed by atoms with Gasteiger partial charge in [-0.15, -0.1) is 23.1 Å². The summed E-state index contributed by atoms with van der Waals surface area (Å²) in [5.74, 6) is 1.44. The first-order chi connectivity index (χ1) is 9.20. The summed E-state index contributed by atoms with van der Waals surface area (Å²) in [7, 11) is 0. The van der Waals surface area contributed by atoms with E-state index in [1.54, 1.807) is 23.1 Å². The summed E-state index contributed by atoms with van der Waals surface area (Å²) in [6.45, 7) is 0.867. The lowest BCUT2D eigenvalue weighted by atomic mass is 10.0. The minimum Gasteiger partial charge on any atom is -0.394 e. The predicted octanol–water partition coefficient (Wildman–Crippen LogP) is 3.01. The molecule has 1 aromatic heterocycles. The van der Waals surface area contributed by atoms with E-state index in [4.69, 9.17) is 11.6 Å². The van der Waals surface area contributed by atoms with Crippen LogP contribution >= 0.6 is 34.7 Å². The highest BCUT2D eigenvalue weighted by molar-refractivity contribution is 7.99. The fraction of sp³-hybridized carbons (Fsp3) is 0.615. The fourth-order valence-corrected chi connectivity index (χ4v) is 4.38. The third-order valence-electron chi connectivity index (χ3n) is 3.26. The maximum atomic E-state index is 12.1. The van der Waals surface area contributed by atoms with Crippen molar-refractivity contribution < 1.29 is 9.90 Å². The number of carbonyl (C=O) groups is 1. The van der Waals surface area contributed by atoms with Gasteiger partial charge in [-0.25, -0.2) is 0 Å². The number of hydrogen-bond donors (Lipinski definition) is 1. The van der Waals surface area contributed by atoms with E-state index >= 15 is 0 Å². The number of rotatable bonds is 5. The number of amides is 1. The van der Waals surface area contributed by atoms with Gasteiger partial charge in [0.25, 0.3) is 0 Å². The van der Waals surface area contributed by atoms with E-state index in [9.17, 15) is 9.90 Å². The van der Waals surface area contributed by atoms with Gasteiger partial charge in [0.1, 0.15) is 0 Å².